The van der Waals surface area contributed by atoms with Crippen LogP contribution < -0.4 is 24.8 Å². The molecule has 0 N–H and O–H groups in total. The third kappa shape index (κ3) is 10.4. The maximum absolute atomic E-state index is 2.31. The monoisotopic (exact) mass is 726 g/mol. The van der Waals surface area contributed by atoms with E-state index in [1.165, 1.54) is 60.5 Å². The van der Waals surface area contributed by atoms with E-state index in [4.69, 9.17) is 0 Å². The van der Waals surface area contributed by atoms with Crippen molar-refractivity contribution in [3.8, 4) is 22.3 Å². The number of fused-ring (bicyclic) bond motifs is 2. The topological polar surface area (TPSA) is 0 Å². The number of hydrogen-bond donors (Lipinski definition) is 0. The average molecular weight is 729 g/mol. The fourth-order valence-corrected chi connectivity index (χ4v) is 5.34. The first-order valence-electron chi connectivity index (χ1n) is 15.3. The number of aryl methyl sites for hydroxylation is 1. The van der Waals surface area contributed by atoms with Gasteiger partial charge in [0, 0.05) is 0 Å². The summed E-state index contributed by atoms with van der Waals surface area (Å²) >= 11 is 1.74. The van der Waals surface area contributed by atoms with Gasteiger partial charge in [-0.1, -0.05) is 120 Å². The van der Waals surface area contributed by atoms with E-state index in [9.17, 15) is 0 Å². The molecule has 4 heteroatoms. The Morgan fingerprint density at radius 3 is 1.56 bits per heavy atom. The first-order chi connectivity index (χ1) is 20.2. The summed E-state index contributed by atoms with van der Waals surface area (Å²) in [6.45, 7) is 20.3. The molecule has 234 valence electrons. The van der Waals surface area contributed by atoms with E-state index < -0.39 is 0 Å². The van der Waals surface area contributed by atoms with E-state index in [1.54, 1.807) is 23.3 Å². The van der Waals surface area contributed by atoms with Crippen molar-refractivity contribution >= 4 is 27.0 Å². The number of rotatable bonds is 2. The Morgan fingerprint density at radius 2 is 1.04 bits per heavy atom. The van der Waals surface area contributed by atoms with Crippen LogP contribution in [-0.4, -0.2) is 5.43 Å². The molecule has 45 heavy (non-hydrogen) atoms. The minimum absolute atomic E-state index is 0. The molecule has 0 aromatic heterocycles. The zero-order valence-corrected chi connectivity index (χ0v) is 33.2. The summed E-state index contributed by atoms with van der Waals surface area (Å²) in [7, 11) is 0. The second-order valence-corrected chi connectivity index (χ2v) is 23.2. The van der Waals surface area contributed by atoms with Gasteiger partial charge in [0.1, 0.15) is 0 Å². The summed E-state index contributed by atoms with van der Waals surface area (Å²) in [5.74, 6) is 0. The summed E-state index contributed by atoms with van der Waals surface area (Å²) in [5.41, 5.74) is 9.99. The first-order valence-corrected chi connectivity index (χ1v) is 21.5. The molecule has 0 saturated carbocycles. The summed E-state index contributed by atoms with van der Waals surface area (Å²) in [5, 5.41) is 5.34. The molecule has 0 spiro atoms. The maximum atomic E-state index is 2.31. The van der Waals surface area contributed by atoms with Gasteiger partial charge in [0.05, 0.1) is 0 Å². The van der Waals surface area contributed by atoms with Gasteiger partial charge in [0.25, 0.3) is 0 Å². The quantitative estimate of drug-likeness (QED) is 0.149. The molecule has 0 aliphatic carbocycles. The van der Waals surface area contributed by atoms with Crippen molar-refractivity contribution in [2.24, 2.45) is 0 Å². The molecule has 0 bridgehead atoms. The Hall–Kier alpha value is -2.22. The van der Waals surface area contributed by atoms with Gasteiger partial charge in [-0.3, -0.25) is 0 Å². The van der Waals surface area contributed by atoms with Crippen LogP contribution in [0.2, 0.25) is 13.1 Å². The van der Waals surface area contributed by atoms with Crippen LogP contribution in [0.25, 0.3) is 43.8 Å². The second kappa shape index (κ2) is 16.6. The van der Waals surface area contributed by atoms with Crippen LogP contribution in [0.4, 0.5) is 0 Å². The van der Waals surface area contributed by atoms with Crippen LogP contribution >= 0.6 is 0 Å². The molecular weight excluding hydrogens is 683 g/mol. The summed E-state index contributed by atoms with van der Waals surface area (Å²) in [4.78, 5) is 0. The second-order valence-electron chi connectivity index (χ2n) is 13.8. The van der Waals surface area contributed by atoms with Gasteiger partial charge in [-0.25, -0.2) is 0 Å². The summed E-state index contributed by atoms with van der Waals surface area (Å²) in [6.07, 6.45) is 0. The minimum atomic E-state index is 0. The fraction of sp³-hybridized carbons (Fsp3) is 0.268. The van der Waals surface area contributed by atoms with Gasteiger partial charge < -0.3 is 24.8 Å². The van der Waals surface area contributed by atoms with E-state index in [-0.39, 0.29) is 41.1 Å². The molecule has 6 rings (SSSR count). The van der Waals surface area contributed by atoms with Gasteiger partial charge in [-0.05, 0) is 27.5 Å². The van der Waals surface area contributed by atoms with E-state index >= 15 is 0 Å². The molecular formula is C41H46Cl2SiZr-2. The van der Waals surface area contributed by atoms with Crippen LogP contribution in [0.15, 0.2) is 115 Å². The smallest absolute Gasteiger partial charge is 0.0132 e. The largest absolute Gasteiger partial charge is 1.00 e. The standard InChI is InChI=1S/C20H21.C19H19.C2H6Si.2ClH.Zr/c1-14-12-16-6-5-7-18(19(16)13-14)15-8-10-17(11-9-15)20(2,3)4;1-19(2,3)16-11-8-15(9-12-16)18-13-10-14-6-4-5-7-17(14)18;1-3-2;;;/h5-13H,1-4H3;4-13H,1-3H3;1-2H3;2*1H;/q2*-1;;;;+2/p-2. The van der Waals surface area contributed by atoms with E-state index in [0.717, 1.165) is 0 Å². The van der Waals surface area contributed by atoms with Crippen molar-refractivity contribution in [1.29, 1.82) is 0 Å². The van der Waals surface area contributed by atoms with Gasteiger partial charge in [-0.15, -0.1) is 81.2 Å². The zero-order valence-electron chi connectivity index (χ0n) is 28.2. The zero-order chi connectivity index (χ0) is 31.4. The van der Waals surface area contributed by atoms with Crippen molar-refractivity contribution < 1.29 is 48.1 Å². The van der Waals surface area contributed by atoms with E-state index in [2.05, 4.69) is 177 Å². The Kier molecular flexibility index (Phi) is 14.3. The predicted octanol–water partition coefficient (Wildman–Crippen LogP) is 6.15. The Morgan fingerprint density at radius 1 is 0.578 bits per heavy atom. The van der Waals surface area contributed by atoms with E-state index in [1.807, 2.05) is 0 Å². The van der Waals surface area contributed by atoms with Crippen LogP contribution in [-0.2, 0) is 34.2 Å². The van der Waals surface area contributed by atoms with E-state index in [0.29, 0.717) is 0 Å². The first kappa shape index (κ1) is 39.0. The number of halogens is 2. The number of benzene rings is 4. The Labute approximate surface area is 299 Å². The van der Waals surface area contributed by atoms with Crippen molar-refractivity contribution in [3.05, 3.63) is 132 Å². The normalized spacial score (nSPS) is 11.0. The van der Waals surface area contributed by atoms with Crippen molar-refractivity contribution in [3.63, 3.8) is 0 Å². The molecule has 0 aliphatic rings. The van der Waals surface area contributed by atoms with Crippen LogP contribution in [0.3, 0.4) is 0 Å². The molecule has 0 amide bonds. The summed E-state index contributed by atoms with van der Waals surface area (Å²) in [6, 6.07) is 42.0. The van der Waals surface area contributed by atoms with Crippen molar-refractivity contribution in [1.82, 2.24) is 0 Å². The molecule has 0 radical (unpaired) electrons. The molecule has 0 saturated heterocycles. The average Bonchev–Trinajstić information content (AvgIpc) is 3.55. The number of hydrogen-bond acceptors (Lipinski definition) is 0. The van der Waals surface area contributed by atoms with Crippen molar-refractivity contribution in [2.45, 2.75) is 72.4 Å². The molecule has 6 aromatic rings. The van der Waals surface area contributed by atoms with Crippen molar-refractivity contribution in [2.75, 3.05) is 0 Å². The molecule has 0 unspecified atom stereocenters. The third-order valence-corrected chi connectivity index (χ3v) is 7.70. The molecule has 0 heterocycles. The fourth-order valence-electron chi connectivity index (χ4n) is 5.34. The van der Waals surface area contributed by atoms with Gasteiger partial charge in [0.15, 0.2) is 0 Å². The molecule has 0 atom stereocenters. The minimum Gasteiger partial charge on any atom is -1.00 e. The third-order valence-electron chi connectivity index (χ3n) is 7.70. The van der Waals surface area contributed by atoms with Gasteiger partial charge >= 0.3 is 41.9 Å². The maximum Gasteiger partial charge on any atom is -0.0132 e. The molecule has 6 aromatic carbocycles. The SMILES string of the molecule is CC(C)(C)c1ccc(-c2c[cH-]c3ccccc23)cc1.C[Si](C)=[Zr+2].Cc1cc2c(-c3ccc(C(C)(C)C)cc3)cccc2[cH-]1.[Cl-].[Cl-]. The summed E-state index contributed by atoms with van der Waals surface area (Å²) < 4.78 is 0. The van der Waals surface area contributed by atoms with Crippen LogP contribution in [0.1, 0.15) is 58.2 Å². The van der Waals surface area contributed by atoms with Crippen LogP contribution in [0.5, 0.6) is 0 Å². The molecule has 0 fully saturated rings. The molecule has 0 nitrogen and oxygen atoms in total. The molecule has 0 aliphatic heterocycles. The Bertz CT molecular complexity index is 1800. The van der Waals surface area contributed by atoms with Gasteiger partial charge in [-0.2, -0.15) is 6.07 Å². The predicted molar refractivity (Wildman–Crippen MR) is 190 cm³/mol. The van der Waals surface area contributed by atoms with Crippen LogP contribution in [0, 0.1) is 6.92 Å². The Balaban J connectivity index is 0.000000270. The van der Waals surface area contributed by atoms with Gasteiger partial charge in [0.2, 0.25) is 0 Å².